The maximum atomic E-state index is 12.7. The second-order valence-corrected chi connectivity index (χ2v) is 6.95. The number of hydrogen-bond donors (Lipinski definition) is 0. The van der Waals surface area contributed by atoms with Gasteiger partial charge in [0, 0.05) is 25.6 Å². The van der Waals surface area contributed by atoms with Crippen molar-refractivity contribution in [3.8, 4) is 17.3 Å². The van der Waals surface area contributed by atoms with E-state index in [0.717, 1.165) is 30.8 Å². The molecule has 0 radical (unpaired) electrons. The smallest absolute Gasteiger partial charge is 0.269 e. The number of hydrogen-bond acceptors (Lipinski definition) is 5. The lowest BCUT2D eigenvalue weighted by molar-refractivity contribution is 0.0762. The van der Waals surface area contributed by atoms with Gasteiger partial charge in [-0.25, -0.2) is 4.68 Å². The zero-order valence-electron chi connectivity index (χ0n) is 16.6. The van der Waals surface area contributed by atoms with E-state index in [1.54, 1.807) is 11.6 Å². The van der Waals surface area contributed by atoms with Crippen LogP contribution in [0.15, 0.2) is 28.7 Å². The third-order valence-electron chi connectivity index (χ3n) is 4.58. The van der Waals surface area contributed by atoms with E-state index in [1.165, 1.54) is 0 Å². The van der Waals surface area contributed by atoms with E-state index in [9.17, 15) is 4.79 Å². The van der Waals surface area contributed by atoms with Gasteiger partial charge in [0.2, 0.25) is 5.89 Å². The number of unbranched alkanes of at least 4 members (excludes halogenated alkanes) is 1. The van der Waals surface area contributed by atoms with E-state index in [-0.39, 0.29) is 11.8 Å². The molecule has 0 aliphatic heterocycles. The van der Waals surface area contributed by atoms with Crippen molar-refractivity contribution >= 4 is 17.5 Å². The fourth-order valence-corrected chi connectivity index (χ4v) is 3.14. The summed E-state index contributed by atoms with van der Waals surface area (Å²) in [5.41, 5.74) is 2.65. The lowest BCUT2D eigenvalue weighted by Crippen LogP contribution is -2.31. The summed E-state index contributed by atoms with van der Waals surface area (Å²) < 4.78 is 7.15. The average molecular weight is 402 g/mol. The van der Waals surface area contributed by atoms with Crippen LogP contribution < -0.4 is 0 Å². The number of aryl methyl sites for hydroxylation is 1. The van der Waals surface area contributed by atoms with Crippen LogP contribution in [0.5, 0.6) is 0 Å². The van der Waals surface area contributed by atoms with Gasteiger partial charge < -0.3 is 9.32 Å². The van der Waals surface area contributed by atoms with Crippen LogP contribution in [0.1, 0.15) is 48.6 Å². The molecule has 2 aromatic heterocycles. The molecule has 0 bridgehead atoms. The Bertz CT molecular complexity index is 962. The molecule has 1 amide bonds. The van der Waals surface area contributed by atoms with Crippen LogP contribution >= 0.6 is 11.6 Å². The summed E-state index contributed by atoms with van der Waals surface area (Å²) in [5.74, 6) is 0.773. The fraction of sp³-hybridized carbons (Fsp3) is 0.400. The number of aromatic nitrogens is 4. The number of carbonyl (C=O) groups excluding carboxylic acids is 1. The van der Waals surface area contributed by atoms with Crippen molar-refractivity contribution in [1.29, 1.82) is 0 Å². The summed E-state index contributed by atoms with van der Waals surface area (Å²) in [7, 11) is 0. The number of rotatable bonds is 7. The van der Waals surface area contributed by atoms with Crippen LogP contribution in [0.4, 0.5) is 0 Å². The molecule has 2 heterocycles. The summed E-state index contributed by atoms with van der Waals surface area (Å²) in [4.78, 5) is 14.6. The monoisotopic (exact) mass is 401 g/mol. The molecule has 0 spiro atoms. The van der Waals surface area contributed by atoms with Gasteiger partial charge in [-0.05, 0) is 44.5 Å². The predicted octanol–water partition coefficient (Wildman–Crippen LogP) is 4.45. The molecule has 0 aliphatic carbocycles. The molecular weight excluding hydrogens is 378 g/mol. The van der Waals surface area contributed by atoms with Crippen LogP contribution in [-0.2, 0) is 0 Å². The standard InChI is InChI=1S/C20H24ClN5O2/c1-5-7-12-25(6-2)20(27)15-8-10-16(11-9-15)26-13(3)17(21)18(24-26)19-23-22-14(4)28-19/h8-11H,5-7,12H2,1-4H3. The van der Waals surface area contributed by atoms with Gasteiger partial charge in [-0.1, -0.05) is 24.9 Å². The van der Waals surface area contributed by atoms with Gasteiger partial charge in [0.1, 0.15) is 0 Å². The normalized spacial score (nSPS) is 11.0. The zero-order chi connectivity index (χ0) is 20.3. The van der Waals surface area contributed by atoms with E-state index in [0.29, 0.717) is 28.7 Å². The fourth-order valence-electron chi connectivity index (χ4n) is 2.94. The van der Waals surface area contributed by atoms with Crippen LogP contribution in [0.3, 0.4) is 0 Å². The molecule has 3 aromatic rings. The third kappa shape index (κ3) is 3.94. The third-order valence-corrected chi connectivity index (χ3v) is 5.03. The summed E-state index contributed by atoms with van der Waals surface area (Å²) in [6.45, 7) is 9.16. The van der Waals surface area contributed by atoms with Gasteiger partial charge in [0.25, 0.3) is 11.8 Å². The van der Waals surface area contributed by atoms with Gasteiger partial charge >= 0.3 is 0 Å². The van der Waals surface area contributed by atoms with Gasteiger partial charge in [-0.2, -0.15) is 5.10 Å². The molecule has 3 rings (SSSR count). The first-order chi connectivity index (χ1) is 13.5. The Morgan fingerprint density at radius 1 is 1.18 bits per heavy atom. The molecule has 0 unspecified atom stereocenters. The van der Waals surface area contributed by atoms with Crippen molar-refractivity contribution in [2.45, 2.75) is 40.5 Å². The van der Waals surface area contributed by atoms with Gasteiger partial charge in [0.15, 0.2) is 5.69 Å². The highest BCUT2D eigenvalue weighted by atomic mass is 35.5. The quantitative estimate of drug-likeness (QED) is 0.584. The summed E-state index contributed by atoms with van der Waals surface area (Å²) in [6, 6.07) is 7.36. The number of amides is 1. The molecular formula is C20H24ClN5O2. The maximum Gasteiger partial charge on any atom is 0.269 e. The first-order valence-electron chi connectivity index (χ1n) is 9.41. The molecule has 148 valence electrons. The van der Waals surface area contributed by atoms with E-state index in [2.05, 4.69) is 22.2 Å². The number of benzene rings is 1. The second-order valence-electron chi connectivity index (χ2n) is 6.57. The van der Waals surface area contributed by atoms with Crippen LogP contribution in [-0.4, -0.2) is 43.9 Å². The Morgan fingerprint density at radius 3 is 2.46 bits per heavy atom. The summed E-state index contributed by atoms with van der Waals surface area (Å²) in [6.07, 6.45) is 2.06. The Morgan fingerprint density at radius 2 is 1.89 bits per heavy atom. The molecule has 0 aliphatic rings. The van der Waals surface area contributed by atoms with Crippen LogP contribution in [0.2, 0.25) is 5.02 Å². The highest BCUT2D eigenvalue weighted by molar-refractivity contribution is 6.33. The first kappa shape index (κ1) is 20.1. The highest BCUT2D eigenvalue weighted by Gasteiger charge is 2.20. The molecule has 0 saturated heterocycles. The number of nitrogens with zero attached hydrogens (tertiary/aromatic N) is 5. The van der Waals surface area contributed by atoms with E-state index >= 15 is 0 Å². The molecule has 0 fully saturated rings. The predicted molar refractivity (Wildman–Crippen MR) is 108 cm³/mol. The molecule has 28 heavy (non-hydrogen) atoms. The Labute approximate surface area is 169 Å². The minimum Gasteiger partial charge on any atom is -0.420 e. The van der Waals surface area contributed by atoms with Crippen molar-refractivity contribution in [2.24, 2.45) is 0 Å². The minimum atomic E-state index is 0.0414. The van der Waals surface area contributed by atoms with E-state index in [4.69, 9.17) is 16.0 Å². The van der Waals surface area contributed by atoms with Crippen molar-refractivity contribution in [3.05, 3.63) is 46.4 Å². The average Bonchev–Trinajstić information content (AvgIpc) is 3.26. The maximum absolute atomic E-state index is 12.7. The van der Waals surface area contributed by atoms with E-state index in [1.807, 2.05) is 43.0 Å². The lowest BCUT2D eigenvalue weighted by Gasteiger charge is -2.20. The first-order valence-corrected chi connectivity index (χ1v) is 9.79. The summed E-state index contributed by atoms with van der Waals surface area (Å²) >= 11 is 6.43. The molecule has 1 aromatic carbocycles. The second kappa shape index (κ2) is 8.56. The Kier molecular flexibility index (Phi) is 6.14. The highest BCUT2D eigenvalue weighted by Crippen LogP contribution is 2.30. The Hall–Kier alpha value is -2.67. The molecule has 0 N–H and O–H groups in total. The topological polar surface area (TPSA) is 77.1 Å². The Balaban J connectivity index is 1.87. The van der Waals surface area contributed by atoms with Gasteiger partial charge in [-0.3, -0.25) is 4.79 Å². The SMILES string of the molecule is CCCCN(CC)C(=O)c1ccc(-n2nc(-c3nnc(C)o3)c(Cl)c2C)cc1. The van der Waals surface area contributed by atoms with Crippen molar-refractivity contribution < 1.29 is 9.21 Å². The van der Waals surface area contributed by atoms with Gasteiger partial charge in [0.05, 0.1) is 16.4 Å². The number of halogens is 1. The zero-order valence-corrected chi connectivity index (χ0v) is 17.3. The molecule has 0 saturated carbocycles. The molecule has 0 atom stereocenters. The van der Waals surface area contributed by atoms with Crippen LogP contribution in [0.25, 0.3) is 17.3 Å². The summed E-state index contributed by atoms with van der Waals surface area (Å²) in [5, 5.41) is 12.8. The lowest BCUT2D eigenvalue weighted by atomic mass is 10.1. The van der Waals surface area contributed by atoms with Crippen molar-refractivity contribution in [2.75, 3.05) is 13.1 Å². The molecule has 8 heteroatoms. The minimum absolute atomic E-state index is 0.0414. The van der Waals surface area contributed by atoms with E-state index < -0.39 is 0 Å². The number of carbonyl (C=O) groups is 1. The largest absolute Gasteiger partial charge is 0.420 e. The molecule has 7 nitrogen and oxygen atoms in total. The van der Waals surface area contributed by atoms with Gasteiger partial charge in [-0.15, -0.1) is 10.2 Å². The van der Waals surface area contributed by atoms with Crippen LogP contribution in [0, 0.1) is 13.8 Å². The van der Waals surface area contributed by atoms with Crippen molar-refractivity contribution in [3.63, 3.8) is 0 Å². The van der Waals surface area contributed by atoms with Crippen molar-refractivity contribution in [1.82, 2.24) is 24.9 Å².